The quantitative estimate of drug-likeness (QED) is 0.552. The molecule has 7 nitrogen and oxygen atoms in total. The van der Waals surface area contributed by atoms with Crippen LogP contribution in [0, 0.1) is 5.92 Å². The van der Waals surface area contributed by atoms with Gasteiger partial charge in [-0.1, -0.05) is 36.7 Å². The molecule has 1 aliphatic carbocycles. The second kappa shape index (κ2) is 8.35. The van der Waals surface area contributed by atoms with Gasteiger partial charge in [-0.3, -0.25) is 14.5 Å². The van der Waals surface area contributed by atoms with E-state index in [1.165, 1.54) is 11.3 Å². The predicted molar refractivity (Wildman–Crippen MR) is 113 cm³/mol. The summed E-state index contributed by atoms with van der Waals surface area (Å²) >= 11 is 7.59. The highest BCUT2D eigenvalue weighted by Gasteiger charge is 2.52. The van der Waals surface area contributed by atoms with Gasteiger partial charge >= 0.3 is 12.0 Å². The van der Waals surface area contributed by atoms with E-state index in [0.29, 0.717) is 29.5 Å². The number of nitrogens with zero attached hydrogens (tertiary/aromatic N) is 2. The molecule has 2 fully saturated rings. The zero-order valence-corrected chi connectivity index (χ0v) is 18.1. The molecule has 1 saturated carbocycles. The number of thiazole rings is 1. The van der Waals surface area contributed by atoms with E-state index in [-0.39, 0.29) is 12.5 Å². The van der Waals surface area contributed by atoms with Gasteiger partial charge in [0.05, 0.1) is 10.7 Å². The maximum absolute atomic E-state index is 12.8. The van der Waals surface area contributed by atoms with Crippen molar-refractivity contribution >= 4 is 40.8 Å². The van der Waals surface area contributed by atoms with Gasteiger partial charge in [0.15, 0.2) is 0 Å². The number of halogens is 1. The minimum atomic E-state index is -0.858. The molecule has 0 unspecified atom stereocenters. The molecule has 1 aliphatic heterocycles. The molecule has 30 heavy (non-hydrogen) atoms. The number of urea groups is 1. The van der Waals surface area contributed by atoms with Crippen molar-refractivity contribution in [3.8, 4) is 10.6 Å². The zero-order chi connectivity index (χ0) is 21.3. The molecule has 0 bridgehead atoms. The van der Waals surface area contributed by atoms with Crippen molar-refractivity contribution in [1.29, 1.82) is 0 Å². The minimum absolute atomic E-state index is 0.0356. The lowest BCUT2D eigenvalue weighted by Crippen LogP contribution is -2.49. The molecule has 2 aliphatic rings. The van der Waals surface area contributed by atoms with Gasteiger partial charge in [0.1, 0.15) is 23.7 Å². The summed E-state index contributed by atoms with van der Waals surface area (Å²) in [5, 5.41) is 5.92. The van der Waals surface area contributed by atoms with Crippen LogP contribution >= 0.6 is 22.9 Å². The predicted octanol–water partition coefficient (Wildman–Crippen LogP) is 4.01. The van der Waals surface area contributed by atoms with Gasteiger partial charge in [-0.2, -0.15) is 0 Å². The Balaban J connectivity index is 1.34. The Morgan fingerprint density at radius 2 is 2.07 bits per heavy atom. The number of benzene rings is 1. The number of aromatic nitrogens is 1. The third-order valence-corrected chi connectivity index (χ3v) is 6.95. The Bertz CT molecular complexity index is 984. The van der Waals surface area contributed by atoms with E-state index in [4.69, 9.17) is 16.3 Å². The average molecular weight is 448 g/mol. The molecule has 3 amide bonds. The van der Waals surface area contributed by atoms with Crippen LogP contribution in [0.4, 0.5) is 4.79 Å². The van der Waals surface area contributed by atoms with Gasteiger partial charge in [0, 0.05) is 10.9 Å². The monoisotopic (exact) mass is 447 g/mol. The summed E-state index contributed by atoms with van der Waals surface area (Å²) in [5.41, 5.74) is 0.536. The summed E-state index contributed by atoms with van der Waals surface area (Å²) in [6, 6.07) is 6.85. The number of hydrogen-bond donors (Lipinski definition) is 1. The number of esters is 1. The summed E-state index contributed by atoms with van der Waals surface area (Å²) in [7, 11) is 0. The fraction of sp³-hybridized carbons (Fsp3) is 0.429. The van der Waals surface area contributed by atoms with Crippen LogP contribution in [0.15, 0.2) is 29.6 Å². The first-order valence-corrected chi connectivity index (χ1v) is 11.1. The fourth-order valence-electron chi connectivity index (χ4n) is 3.87. The normalized spacial score (nSPS) is 23.7. The number of hydrogen-bond acceptors (Lipinski definition) is 6. The fourth-order valence-corrected chi connectivity index (χ4v) is 5.00. The smallest absolute Gasteiger partial charge is 0.326 e. The van der Waals surface area contributed by atoms with Crippen LogP contribution in [0.25, 0.3) is 10.6 Å². The third-order valence-electron chi connectivity index (χ3n) is 5.70. The molecule has 1 spiro atoms. The molecule has 158 valence electrons. The number of amides is 3. The molecule has 0 atom stereocenters. The Hall–Kier alpha value is -2.45. The third kappa shape index (κ3) is 4.06. The molecule has 9 heteroatoms. The maximum atomic E-state index is 12.8. The van der Waals surface area contributed by atoms with E-state index >= 15 is 0 Å². The molecule has 0 radical (unpaired) electrons. The molecule has 4 rings (SSSR count). The average Bonchev–Trinajstić information content (AvgIpc) is 3.28. The summed E-state index contributed by atoms with van der Waals surface area (Å²) < 4.78 is 5.26. The number of ether oxygens (including phenoxy) is 1. The molecule has 2 aromatic rings. The van der Waals surface area contributed by atoms with E-state index in [1.54, 1.807) is 11.4 Å². The molecule has 1 aromatic carbocycles. The van der Waals surface area contributed by atoms with E-state index < -0.39 is 24.1 Å². The van der Waals surface area contributed by atoms with Gasteiger partial charge in [-0.05, 0) is 37.7 Å². The van der Waals surface area contributed by atoms with Gasteiger partial charge in [-0.25, -0.2) is 9.78 Å². The molecule has 1 saturated heterocycles. The second-order valence-corrected chi connectivity index (χ2v) is 9.14. The summed E-state index contributed by atoms with van der Waals surface area (Å²) in [5.74, 6) is -0.439. The summed E-state index contributed by atoms with van der Waals surface area (Å²) in [6.07, 6.45) is 2.96. The second-order valence-electron chi connectivity index (χ2n) is 7.87. The van der Waals surface area contributed by atoms with Crippen LogP contribution < -0.4 is 5.32 Å². The van der Waals surface area contributed by atoms with Crippen molar-refractivity contribution in [2.24, 2.45) is 5.92 Å². The first-order valence-electron chi connectivity index (χ1n) is 9.87. The number of carbonyl (C=O) groups is 3. The number of nitrogens with one attached hydrogen (secondary N) is 1. The highest BCUT2D eigenvalue weighted by molar-refractivity contribution is 7.13. The van der Waals surface area contributed by atoms with Crippen molar-refractivity contribution in [3.05, 3.63) is 40.4 Å². The highest BCUT2D eigenvalue weighted by Crippen LogP contribution is 2.36. The lowest BCUT2D eigenvalue weighted by Gasteiger charge is -2.33. The Morgan fingerprint density at radius 3 is 2.80 bits per heavy atom. The van der Waals surface area contributed by atoms with Crippen LogP contribution in [-0.4, -0.2) is 39.9 Å². The SMILES string of the molecule is CC1CCC2(CC1)NC(=O)N(CC(=O)OCc1csc(-c3ccccc3Cl)n1)C2=O. The lowest BCUT2D eigenvalue weighted by atomic mass is 9.77. The van der Waals surface area contributed by atoms with Crippen molar-refractivity contribution < 1.29 is 19.1 Å². The standard InChI is InChI=1S/C21H22ClN3O4S/c1-13-6-8-21(9-7-13)19(27)25(20(28)24-21)10-17(26)29-11-14-12-30-18(23-14)15-4-2-3-5-16(15)22/h2-5,12-13H,6-11H2,1H3,(H,24,28). The number of imide groups is 1. The van der Waals surface area contributed by atoms with Crippen LogP contribution in [-0.2, 0) is 20.9 Å². The van der Waals surface area contributed by atoms with E-state index in [9.17, 15) is 14.4 Å². The lowest BCUT2D eigenvalue weighted by molar-refractivity contribution is -0.149. The van der Waals surface area contributed by atoms with E-state index in [2.05, 4.69) is 17.2 Å². The van der Waals surface area contributed by atoms with Crippen LogP contribution in [0.5, 0.6) is 0 Å². The van der Waals surface area contributed by atoms with Gasteiger partial charge in [-0.15, -0.1) is 11.3 Å². The Morgan fingerprint density at radius 1 is 1.33 bits per heavy atom. The van der Waals surface area contributed by atoms with E-state index in [0.717, 1.165) is 28.3 Å². The zero-order valence-electron chi connectivity index (χ0n) is 16.5. The first-order chi connectivity index (χ1) is 14.4. The van der Waals surface area contributed by atoms with Crippen LogP contribution in [0.3, 0.4) is 0 Å². The molecular formula is C21H22ClN3O4S. The minimum Gasteiger partial charge on any atom is -0.458 e. The van der Waals surface area contributed by atoms with Crippen LogP contribution in [0.2, 0.25) is 5.02 Å². The number of carbonyl (C=O) groups excluding carboxylic acids is 3. The van der Waals surface area contributed by atoms with Crippen molar-refractivity contribution in [2.75, 3.05) is 6.54 Å². The Labute approximate surface area is 183 Å². The van der Waals surface area contributed by atoms with E-state index in [1.807, 2.05) is 18.2 Å². The van der Waals surface area contributed by atoms with Crippen molar-refractivity contribution in [3.63, 3.8) is 0 Å². The maximum Gasteiger partial charge on any atom is 0.326 e. The molecule has 1 N–H and O–H groups in total. The molecule has 1 aromatic heterocycles. The summed E-state index contributed by atoms with van der Waals surface area (Å²) in [4.78, 5) is 42.8. The van der Waals surface area contributed by atoms with Gasteiger partial charge in [0.25, 0.3) is 5.91 Å². The van der Waals surface area contributed by atoms with Crippen LogP contribution in [0.1, 0.15) is 38.3 Å². The molecule has 2 heterocycles. The number of rotatable bonds is 5. The summed E-state index contributed by atoms with van der Waals surface area (Å²) in [6.45, 7) is 1.70. The Kier molecular flexibility index (Phi) is 5.79. The van der Waals surface area contributed by atoms with Gasteiger partial charge in [0.2, 0.25) is 0 Å². The molecular weight excluding hydrogens is 426 g/mol. The largest absolute Gasteiger partial charge is 0.458 e. The highest BCUT2D eigenvalue weighted by atomic mass is 35.5. The van der Waals surface area contributed by atoms with Crippen molar-refractivity contribution in [2.45, 2.75) is 44.8 Å². The first kappa shape index (κ1) is 20.8. The van der Waals surface area contributed by atoms with Gasteiger partial charge < -0.3 is 10.1 Å². The van der Waals surface area contributed by atoms with Crippen molar-refractivity contribution in [1.82, 2.24) is 15.2 Å². The topological polar surface area (TPSA) is 88.6 Å².